The van der Waals surface area contributed by atoms with Crippen molar-refractivity contribution in [2.24, 2.45) is 5.73 Å². The molecule has 1 fully saturated rings. The van der Waals surface area contributed by atoms with Crippen molar-refractivity contribution in [3.8, 4) is 0 Å². The van der Waals surface area contributed by atoms with Crippen LogP contribution < -0.4 is 5.73 Å². The summed E-state index contributed by atoms with van der Waals surface area (Å²) in [6.07, 6.45) is 2.43. The van der Waals surface area contributed by atoms with Crippen LogP contribution in [0.2, 0.25) is 0 Å². The van der Waals surface area contributed by atoms with Crippen LogP contribution in [0.25, 0.3) is 0 Å². The number of nitrogen functional groups attached to an aromatic ring is 1. The van der Waals surface area contributed by atoms with Gasteiger partial charge in [-0.15, -0.1) is 0 Å². The van der Waals surface area contributed by atoms with Crippen LogP contribution in [0, 0.1) is 11.2 Å². The van der Waals surface area contributed by atoms with E-state index in [2.05, 4.69) is 4.90 Å². The summed E-state index contributed by atoms with van der Waals surface area (Å²) in [5.74, 6) is -0.447. The van der Waals surface area contributed by atoms with Gasteiger partial charge in [0.05, 0.1) is 6.10 Å². The number of nitrogens with one attached hydrogen (secondary N) is 1. The highest BCUT2D eigenvalue weighted by molar-refractivity contribution is 5.95. The smallest absolute Gasteiger partial charge is 0.124 e. The molecule has 0 amide bonds. The van der Waals surface area contributed by atoms with Gasteiger partial charge in [-0.25, -0.2) is 4.39 Å². The van der Waals surface area contributed by atoms with Crippen molar-refractivity contribution >= 4 is 5.84 Å². The first-order valence-electron chi connectivity index (χ1n) is 6.47. The standard InChI is InChI=1S/C14H20FN3O/c1-19-13-3-2-4-18(9-13)8-10-5-11(14(16)17)7-12(15)6-10/h5-7,13H,2-4,8-9H2,1H3,(H3,16,17). The Labute approximate surface area is 112 Å². The molecule has 1 saturated heterocycles. The Morgan fingerprint density at radius 1 is 1.53 bits per heavy atom. The zero-order valence-electron chi connectivity index (χ0n) is 11.2. The summed E-state index contributed by atoms with van der Waals surface area (Å²) in [6.45, 7) is 2.52. The lowest BCUT2D eigenvalue weighted by atomic mass is 10.1. The summed E-state index contributed by atoms with van der Waals surface area (Å²) in [7, 11) is 1.73. The van der Waals surface area contributed by atoms with E-state index in [1.807, 2.05) is 0 Å². The largest absolute Gasteiger partial charge is 0.384 e. The molecule has 19 heavy (non-hydrogen) atoms. The topological polar surface area (TPSA) is 62.3 Å². The van der Waals surface area contributed by atoms with Crippen molar-refractivity contribution < 1.29 is 9.13 Å². The van der Waals surface area contributed by atoms with Gasteiger partial charge in [-0.3, -0.25) is 10.3 Å². The summed E-state index contributed by atoms with van der Waals surface area (Å²) < 4.78 is 18.9. The van der Waals surface area contributed by atoms with E-state index in [1.54, 1.807) is 13.2 Å². The van der Waals surface area contributed by atoms with E-state index in [9.17, 15) is 4.39 Å². The second-order valence-corrected chi connectivity index (χ2v) is 5.00. The fourth-order valence-electron chi connectivity index (χ4n) is 2.50. The Bertz CT molecular complexity index is 464. The van der Waals surface area contributed by atoms with Crippen LogP contribution in [-0.4, -0.2) is 37.0 Å². The van der Waals surface area contributed by atoms with Crippen LogP contribution in [0.3, 0.4) is 0 Å². The molecule has 1 aliphatic rings. The first kappa shape index (κ1) is 14.0. The number of nitrogens with zero attached hydrogens (tertiary/aromatic N) is 1. The van der Waals surface area contributed by atoms with Gasteiger partial charge in [-0.2, -0.15) is 0 Å². The van der Waals surface area contributed by atoms with Gasteiger partial charge in [0.15, 0.2) is 0 Å². The van der Waals surface area contributed by atoms with Crippen LogP contribution in [0.4, 0.5) is 4.39 Å². The Morgan fingerprint density at radius 2 is 2.32 bits per heavy atom. The van der Waals surface area contributed by atoms with Gasteiger partial charge in [0.2, 0.25) is 0 Å². The highest BCUT2D eigenvalue weighted by Gasteiger charge is 2.19. The molecular formula is C14H20FN3O. The number of methoxy groups -OCH3 is 1. The van der Waals surface area contributed by atoms with Gasteiger partial charge >= 0.3 is 0 Å². The summed E-state index contributed by atoms with van der Waals surface area (Å²) in [5, 5.41) is 7.39. The van der Waals surface area contributed by atoms with E-state index < -0.39 is 0 Å². The van der Waals surface area contributed by atoms with Crippen LogP contribution in [-0.2, 0) is 11.3 Å². The molecule has 0 bridgehead atoms. The molecule has 0 radical (unpaired) electrons. The second kappa shape index (κ2) is 6.12. The van der Waals surface area contributed by atoms with Crippen LogP contribution in [0.1, 0.15) is 24.0 Å². The third kappa shape index (κ3) is 3.75. The zero-order chi connectivity index (χ0) is 13.8. The molecule has 1 atom stereocenters. The van der Waals surface area contributed by atoms with E-state index in [4.69, 9.17) is 15.9 Å². The van der Waals surface area contributed by atoms with Gasteiger partial charge in [-0.1, -0.05) is 0 Å². The minimum Gasteiger partial charge on any atom is -0.384 e. The SMILES string of the molecule is COC1CCCN(Cc2cc(F)cc(C(=N)N)c2)C1. The Balaban J connectivity index is 2.08. The summed E-state index contributed by atoms with van der Waals surface area (Å²) >= 11 is 0. The molecule has 3 N–H and O–H groups in total. The van der Waals surface area contributed by atoms with Gasteiger partial charge in [-0.05, 0) is 43.1 Å². The van der Waals surface area contributed by atoms with E-state index in [0.717, 1.165) is 31.5 Å². The van der Waals surface area contributed by atoms with Crippen molar-refractivity contribution in [1.82, 2.24) is 4.90 Å². The molecule has 0 aromatic heterocycles. The minimum absolute atomic E-state index is 0.103. The lowest BCUT2D eigenvalue weighted by molar-refractivity contribution is 0.0285. The fourth-order valence-corrected chi connectivity index (χ4v) is 2.50. The van der Waals surface area contributed by atoms with Gasteiger partial charge < -0.3 is 10.5 Å². The van der Waals surface area contributed by atoms with E-state index in [0.29, 0.717) is 12.1 Å². The number of rotatable bonds is 4. The summed E-state index contributed by atoms with van der Waals surface area (Å²) in [6, 6.07) is 4.57. The Hall–Kier alpha value is -1.46. The number of halogens is 1. The number of nitrogens with two attached hydrogens (primary N) is 1. The average Bonchev–Trinajstić information content (AvgIpc) is 2.38. The quantitative estimate of drug-likeness (QED) is 0.643. The number of likely N-dealkylation sites (tertiary alicyclic amines) is 1. The molecule has 4 nitrogen and oxygen atoms in total. The third-order valence-corrected chi connectivity index (χ3v) is 3.47. The average molecular weight is 265 g/mol. The molecule has 1 unspecified atom stereocenters. The van der Waals surface area contributed by atoms with Crippen molar-refractivity contribution in [3.05, 3.63) is 35.1 Å². The molecule has 0 saturated carbocycles. The molecule has 104 valence electrons. The third-order valence-electron chi connectivity index (χ3n) is 3.47. The number of hydrogen-bond acceptors (Lipinski definition) is 3. The lowest BCUT2D eigenvalue weighted by Gasteiger charge is -2.31. The van der Waals surface area contributed by atoms with Gasteiger partial charge in [0.25, 0.3) is 0 Å². The molecule has 1 heterocycles. The van der Waals surface area contributed by atoms with Crippen molar-refractivity contribution in [2.45, 2.75) is 25.5 Å². The minimum atomic E-state index is -0.344. The molecule has 1 aliphatic heterocycles. The summed E-state index contributed by atoms with van der Waals surface area (Å²) in [4.78, 5) is 2.25. The molecule has 5 heteroatoms. The Kier molecular flexibility index (Phi) is 4.50. The molecule has 1 aromatic carbocycles. The Morgan fingerprint density at radius 3 is 3.00 bits per heavy atom. The number of benzene rings is 1. The highest BCUT2D eigenvalue weighted by Crippen LogP contribution is 2.17. The highest BCUT2D eigenvalue weighted by atomic mass is 19.1. The predicted molar refractivity (Wildman–Crippen MR) is 72.7 cm³/mol. The van der Waals surface area contributed by atoms with Crippen molar-refractivity contribution in [1.29, 1.82) is 5.41 Å². The first-order valence-corrected chi connectivity index (χ1v) is 6.47. The maximum atomic E-state index is 13.5. The van der Waals surface area contributed by atoms with E-state index in [1.165, 1.54) is 12.1 Å². The molecule has 0 aliphatic carbocycles. The van der Waals surface area contributed by atoms with Crippen LogP contribution in [0.5, 0.6) is 0 Å². The van der Waals surface area contributed by atoms with E-state index in [-0.39, 0.29) is 17.8 Å². The van der Waals surface area contributed by atoms with Gasteiger partial charge in [0, 0.05) is 25.8 Å². The zero-order valence-corrected chi connectivity index (χ0v) is 11.2. The number of piperidine rings is 1. The van der Waals surface area contributed by atoms with Crippen molar-refractivity contribution in [3.63, 3.8) is 0 Å². The first-order chi connectivity index (χ1) is 9.08. The normalized spacial score (nSPS) is 20.4. The predicted octanol–water partition coefficient (Wildman–Crippen LogP) is 1.72. The second-order valence-electron chi connectivity index (χ2n) is 5.00. The maximum Gasteiger partial charge on any atom is 0.124 e. The monoisotopic (exact) mass is 265 g/mol. The van der Waals surface area contributed by atoms with Crippen molar-refractivity contribution in [2.75, 3.05) is 20.2 Å². The molecular weight excluding hydrogens is 245 g/mol. The molecule has 1 aromatic rings. The number of hydrogen-bond donors (Lipinski definition) is 2. The summed E-state index contributed by atoms with van der Waals surface area (Å²) in [5.41, 5.74) is 6.70. The van der Waals surface area contributed by atoms with Crippen LogP contribution >= 0.6 is 0 Å². The lowest BCUT2D eigenvalue weighted by Crippen LogP contribution is -2.38. The fraction of sp³-hybridized carbons (Fsp3) is 0.500. The van der Waals surface area contributed by atoms with E-state index >= 15 is 0 Å². The number of ether oxygens (including phenoxy) is 1. The molecule has 0 spiro atoms. The van der Waals surface area contributed by atoms with Gasteiger partial charge in [0.1, 0.15) is 11.7 Å². The maximum absolute atomic E-state index is 13.5. The van der Waals surface area contributed by atoms with Crippen LogP contribution in [0.15, 0.2) is 18.2 Å². The number of amidine groups is 1. The molecule has 2 rings (SSSR count).